The van der Waals surface area contributed by atoms with Crippen molar-refractivity contribution in [2.75, 3.05) is 6.61 Å². The lowest BCUT2D eigenvalue weighted by molar-refractivity contribution is 0.129. The third-order valence-electron chi connectivity index (χ3n) is 2.95. The summed E-state index contributed by atoms with van der Waals surface area (Å²) in [5.41, 5.74) is 0. The molecule has 0 radical (unpaired) electrons. The molecule has 1 fully saturated rings. The Bertz CT molecular complexity index is 151. The van der Waals surface area contributed by atoms with E-state index in [1.165, 1.54) is 19.3 Å². The van der Waals surface area contributed by atoms with Crippen LogP contribution in [0.15, 0.2) is 12.2 Å². The van der Waals surface area contributed by atoms with E-state index >= 15 is 0 Å². The normalized spacial score (nSPS) is 44.3. The zero-order chi connectivity index (χ0) is 6.97. The number of fused-ring (bicyclic) bond motifs is 2. The van der Waals surface area contributed by atoms with Gasteiger partial charge in [0.15, 0.2) is 0 Å². The SMILES string of the molecule is OC[C@H]1C[C@H]2C=C[C@@H]1CC2. The van der Waals surface area contributed by atoms with Crippen molar-refractivity contribution in [2.45, 2.75) is 19.3 Å². The molecule has 3 aliphatic carbocycles. The topological polar surface area (TPSA) is 20.2 Å². The summed E-state index contributed by atoms with van der Waals surface area (Å²) in [5.74, 6) is 2.08. The third-order valence-corrected chi connectivity index (χ3v) is 2.95. The minimum absolute atomic E-state index is 0.394. The average molecular weight is 138 g/mol. The molecular weight excluding hydrogens is 124 g/mol. The summed E-state index contributed by atoms with van der Waals surface area (Å²) in [5, 5.41) is 8.98. The van der Waals surface area contributed by atoms with E-state index in [0.29, 0.717) is 18.4 Å². The second-order valence-electron chi connectivity index (χ2n) is 3.56. The summed E-state index contributed by atoms with van der Waals surface area (Å²) in [6.45, 7) is 0.394. The Kier molecular flexibility index (Phi) is 1.53. The second-order valence-corrected chi connectivity index (χ2v) is 3.56. The van der Waals surface area contributed by atoms with E-state index in [1.807, 2.05) is 0 Å². The highest BCUT2D eigenvalue weighted by Gasteiger charge is 2.30. The van der Waals surface area contributed by atoms with Gasteiger partial charge in [-0.05, 0) is 37.0 Å². The molecule has 0 spiro atoms. The van der Waals surface area contributed by atoms with Gasteiger partial charge < -0.3 is 5.11 Å². The largest absolute Gasteiger partial charge is 0.396 e. The minimum Gasteiger partial charge on any atom is -0.396 e. The van der Waals surface area contributed by atoms with E-state index in [9.17, 15) is 0 Å². The average Bonchev–Trinajstić information content (AvgIpc) is 2.06. The van der Waals surface area contributed by atoms with Gasteiger partial charge in [-0.25, -0.2) is 0 Å². The van der Waals surface area contributed by atoms with Gasteiger partial charge in [-0.1, -0.05) is 12.2 Å². The molecule has 10 heavy (non-hydrogen) atoms. The van der Waals surface area contributed by atoms with Gasteiger partial charge in [0.25, 0.3) is 0 Å². The van der Waals surface area contributed by atoms with Crippen LogP contribution in [-0.2, 0) is 0 Å². The van der Waals surface area contributed by atoms with Gasteiger partial charge in [-0.2, -0.15) is 0 Å². The number of aliphatic hydroxyl groups is 1. The standard InChI is InChI=1S/C9H14O/c10-6-9-5-7-1-3-8(9)4-2-7/h1,3,7-10H,2,4-6H2/t7-,8+,9+/m0/s1. The van der Waals surface area contributed by atoms with Crippen LogP contribution in [0.2, 0.25) is 0 Å². The van der Waals surface area contributed by atoms with E-state index in [4.69, 9.17) is 5.11 Å². The van der Waals surface area contributed by atoms with Gasteiger partial charge in [-0.3, -0.25) is 0 Å². The van der Waals surface area contributed by atoms with Crippen LogP contribution < -0.4 is 0 Å². The van der Waals surface area contributed by atoms with Crippen LogP contribution in [0.1, 0.15) is 19.3 Å². The molecule has 3 rings (SSSR count). The Labute approximate surface area is 61.8 Å². The highest BCUT2D eigenvalue weighted by molar-refractivity contribution is 5.05. The molecule has 2 bridgehead atoms. The quantitative estimate of drug-likeness (QED) is 0.545. The highest BCUT2D eigenvalue weighted by Crippen LogP contribution is 2.39. The number of allylic oxidation sites excluding steroid dienone is 2. The fourth-order valence-electron chi connectivity index (χ4n) is 2.26. The molecule has 0 amide bonds. The molecule has 1 N–H and O–H groups in total. The van der Waals surface area contributed by atoms with Gasteiger partial charge in [0.1, 0.15) is 0 Å². The summed E-state index contributed by atoms with van der Waals surface area (Å²) >= 11 is 0. The number of hydrogen-bond acceptors (Lipinski definition) is 1. The van der Waals surface area contributed by atoms with Crippen LogP contribution >= 0.6 is 0 Å². The van der Waals surface area contributed by atoms with Crippen molar-refractivity contribution >= 4 is 0 Å². The maximum absolute atomic E-state index is 8.98. The van der Waals surface area contributed by atoms with Crippen molar-refractivity contribution in [3.05, 3.63) is 12.2 Å². The zero-order valence-electron chi connectivity index (χ0n) is 6.16. The number of hydrogen-bond donors (Lipinski definition) is 1. The van der Waals surface area contributed by atoms with Gasteiger partial charge in [0.05, 0.1) is 0 Å². The first-order chi connectivity index (χ1) is 4.90. The van der Waals surface area contributed by atoms with Crippen LogP contribution in [0.3, 0.4) is 0 Å². The number of aliphatic hydroxyl groups excluding tert-OH is 1. The predicted octanol–water partition coefficient (Wildman–Crippen LogP) is 1.58. The number of rotatable bonds is 1. The van der Waals surface area contributed by atoms with Crippen molar-refractivity contribution in [3.8, 4) is 0 Å². The molecule has 0 heterocycles. The Balaban J connectivity index is 2.11. The molecule has 3 atom stereocenters. The molecular formula is C9H14O. The summed E-state index contributed by atoms with van der Waals surface area (Å²) < 4.78 is 0. The van der Waals surface area contributed by atoms with Gasteiger partial charge in [0.2, 0.25) is 0 Å². The summed E-state index contributed by atoms with van der Waals surface area (Å²) in [7, 11) is 0. The maximum atomic E-state index is 8.98. The van der Waals surface area contributed by atoms with Crippen molar-refractivity contribution in [1.29, 1.82) is 0 Å². The smallest absolute Gasteiger partial charge is 0.0465 e. The molecule has 0 aromatic heterocycles. The molecule has 0 aromatic carbocycles. The van der Waals surface area contributed by atoms with Crippen LogP contribution in [0.25, 0.3) is 0 Å². The van der Waals surface area contributed by atoms with Gasteiger partial charge in [-0.15, -0.1) is 0 Å². The maximum Gasteiger partial charge on any atom is 0.0465 e. The van der Waals surface area contributed by atoms with Crippen molar-refractivity contribution in [1.82, 2.24) is 0 Å². The lowest BCUT2D eigenvalue weighted by atomic mass is 9.69. The molecule has 0 aliphatic heterocycles. The van der Waals surface area contributed by atoms with Gasteiger partial charge >= 0.3 is 0 Å². The Hall–Kier alpha value is -0.300. The van der Waals surface area contributed by atoms with Gasteiger partial charge in [0, 0.05) is 6.61 Å². The molecule has 0 unspecified atom stereocenters. The van der Waals surface area contributed by atoms with Crippen LogP contribution in [-0.4, -0.2) is 11.7 Å². The highest BCUT2D eigenvalue weighted by atomic mass is 16.3. The second kappa shape index (κ2) is 2.39. The van der Waals surface area contributed by atoms with Crippen molar-refractivity contribution in [2.24, 2.45) is 17.8 Å². The predicted molar refractivity (Wildman–Crippen MR) is 40.5 cm³/mol. The van der Waals surface area contributed by atoms with Crippen molar-refractivity contribution < 1.29 is 5.11 Å². The first-order valence-electron chi connectivity index (χ1n) is 4.19. The third kappa shape index (κ3) is 0.891. The lowest BCUT2D eigenvalue weighted by Crippen LogP contribution is -2.29. The first kappa shape index (κ1) is 6.41. The van der Waals surface area contributed by atoms with E-state index in [2.05, 4.69) is 12.2 Å². The molecule has 56 valence electrons. The molecule has 0 saturated heterocycles. The van der Waals surface area contributed by atoms with Crippen LogP contribution in [0.5, 0.6) is 0 Å². The minimum atomic E-state index is 0.394. The Morgan fingerprint density at radius 3 is 2.50 bits per heavy atom. The van der Waals surface area contributed by atoms with E-state index < -0.39 is 0 Å². The zero-order valence-corrected chi connectivity index (χ0v) is 6.16. The molecule has 3 aliphatic rings. The van der Waals surface area contributed by atoms with E-state index in [1.54, 1.807) is 0 Å². The monoisotopic (exact) mass is 138 g/mol. The lowest BCUT2D eigenvalue weighted by Gasteiger charge is -2.36. The fourth-order valence-corrected chi connectivity index (χ4v) is 2.26. The fraction of sp³-hybridized carbons (Fsp3) is 0.778. The van der Waals surface area contributed by atoms with E-state index in [0.717, 1.165) is 5.92 Å². The Morgan fingerprint density at radius 2 is 2.20 bits per heavy atom. The summed E-state index contributed by atoms with van der Waals surface area (Å²) in [6.07, 6.45) is 8.54. The molecule has 0 aromatic rings. The molecule has 1 saturated carbocycles. The Morgan fingerprint density at radius 1 is 1.30 bits per heavy atom. The van der Waals surface area contributed by atoms with Crippen molar-refractivity contribution in [3.63, 3.8) is 0 Å². The van der Waals surface area contributed by atoms with E-state index in [-0.39, 0.29) is 0 Å². The summed E-state index contributed by atoms with van der Waals surface area (Å²) in [4.78, 5) is 0. The first-order valence-corrected chi connectivity index (χ1v) is 4.19. The molecule has 1 heteroatoms. The molecule has 1 nitrogen and oxygen atoms in total. The van der Waals surface area contributed by atoms with Crippen LogP contribution in [0, 0.1) is 17.8 Å². The summed E-state index contributed by atoms with van der Waals surface area (Å²) in [6, 6.07) is 0. The van der Waals surface area contributed by atoms with Crippen LogP contribution in [0.4, 0.5) is 0 Å².